The molecule has 0 spiro atoms. The number of nitriles is 1. The number of hydrogen-bond acceptors (Lipinski definition) is 4. The van der Waals surface area contributed by atoms with Crippen molar-refractivity contribution in [1.82, 2.24) is 0 Å². The monoisotopic (exact) mass is 261 g/mol. The molecule has 4 nitrogen and oxygen atoms in total. The lowest BCUT2D eigenvalue weighted by Gasteiger charge is -2.11. The van der Waals surface area contributed by atoms with Gasteiger partial charge in [-0.05, 0) is 30.5 Å². The van der Waals surface area contributed by atoms with Gasteiger partial charge in [0, 0.05) is 6.42 Å². The maximum atomic E-state index is 11.4. The molecule has 0 fully saturated rings. The number of carbonyl (C=O) groups excluding carboxylic acids is 1. The second kappa shape index (κ2) is 8.28. The van der Waals surface area contributed by atoms with E-state index in [1.807, 2.05) is 13.0 Å². The van der Waals surface area contributed by atoms with Gasteiger partial charge in [0.25, 0.3) is 0 Å². The second-order valence-electron chi connectivity index (χ2n) is 4.37. The first kappa shape index (κ1) is 15.2. The molecule has 0 saturated heterocycles. The first-order valence-corrected chi connectivity index (χ1v) is 6.51. The van der Waals surface area contributed by atoms with Crippen molar-refractivity contribution in [3.8, 4) is 6.07 Å². The highest BCUT2D eigenvalue weighted by Gasteiger charge is 2.11. The van der Waals surface area contributed by atoms with Gasteiger partial charge in [-0.2, -0.15) is 5.26 Å². The molecule has 1 N–H and O–H groups in total. The summed E-state index contributed by atoms with van der Waals surface area (Å²) >= 11 is 0. The molecule has 0 bridgehead atoms. The Bertz CT molecular complexity index is 451. The highest BCUT2D eigenvalue weighted by atomic mass is 16.5. The minimum Gasteiger partial charge on any atom is -0.466 e. The van der Waals surface area contributed by atoms with E-state index in [2.05, 4.69) is 0 Å². The van der Waals surface area contributed by atoms with Crippen molar-refractivity contribution in [1.29, 1.82) is 5.26 Å². The Morgan fingerprint density at radius 2 is 2.32 bits per heavy atom. The van der Waals surface area contributed by atoms with Gasteiger partial charge in [0.05, 0.1) is 24.3 Å². The highest BCUT2D eigenvalue weighted by molar-refractivity contribution is 5.69. The third-order valence-electron chi connectivity index (χ3n) is 2.78. The fraction of sp³-hybridized carbons (Fsp3) is 0.467. The van der Waals surface area contributed by atoms with Crippen molar-refractivity contribution in [3.63, 3.8) is 0 Å². The van der Waals surface area contributed by atoms with Crippen molar-refractivity contribution in [2.45, 2.75) is 38.7 Å². The number of ether oxygens (including phenoxy) is 1. The number of benzene rings is 1. The van der Waals surface area contributed by atoms with E-state index in [0.717, 1.165) is 12.8 Å². The number of aliphatic hydroxyl groups is 1. The highest BCUT2D eigenvalue weighted by Crippen LogP contribution is 2.19. The van der Waals surface area contributed by atoms with Gasteiger partial charge in [-0.25, -0.2) is 0 Å². The number of carbonyl (C=O) groups is 1. The summed E-state index contributed by atoms with van der Waals surface area (Å²) in [6.45, 7) is 2.47. The van der Waals surface area contributed by atoms with Crippen LogP contribution < -0.4 is 0 Å². The summed E-state index contributed by atoms with van der Waals surface area (Å²) in [5, 5.41) is 18.7. The third-order valence-corrected chi connectivity index (χ3v) is 2.78. The molecule has 19 heavy (non-hydrogen) atoms. The average molecular weight is 261 g/mol. The minimum absolute atomic E-state index is 0.182. The second-order valence-corrected chi connectivity index (χ2v) is 4.37. The molecule has 4 heteroatoms. The third kappa shape index (κ3) is 5.54. The summed E-state index contributed by atoms with van der Waals surface area (Å²) in [7, 11) is 0. The molecule has 0 aliphatic carbocycles. The quantitative estimate of drug-likeness (QED) is 0.605. The van der Waals surface area contributed by atoms with E-state index >= 15 is 0 Å². The Morgan fingerprint density at radius 3 is 3.00 bits per heavy atom. The zero-order valence-electron chi connectivity index (χ0n) is 11.1. The molecule has 0 saturated carbocycles. The predicted molar refractivity (Wildman–Crippen MR) is 71.2 cm³/mol. The van der Waals surface area contributed by atoms with Gasteiger partial charge >= 0.3 is 5.97 Å². The van der Waals surface area contributed by atoms with Crippen molar-refractivity contribution in [2.24, 2.45) is 0 Å². The lowest BCUT2D eigenvalue weighted by Crippen LogP contribution is -2.08. The Morgan fingerprint density at radius 1 is 1.53 bits per heavy atom. The number of nitrogens with zero attached hydrogens (tertiary/aromatic N) is 1. The van der Waals surface area contributed by atoms with E-state index in [4.69, 9.17) is 10.00 Å². The molecule has 1 atom stereocenters. The summed E-state index contributed by atoms with van der Waals surface area (Å²) in [6, 6.07) is 8.79. The largest absolute Gasteiger partial charge is 0.466 e. The molecule has 0 aliphatic heterocycles. The molecule has 1 rings (SSSR count). The fourth-order valence-electron chi connectivity index (χ4n) is 1.64. The van der Waals surface area contributed by atoms with Crippen LogP contribution in [0.2, 0.25) is 0 Å². The SMILES string of the molecule is CCCCOC(=O)CCC(O)c1cccc(C#N)c1. The van der Waals surface area contributed by atoms with Crippen LogP contribution in [-0.2, 0) is 9.53 Å². The van der Waals surface area contributed by atoms with Crippen LogP contribution >= 0.6 is 0 Å². The van der Waals surface area contributed by atoms with Gasteiger partial charge in [-0.15, -0.1) is 0 Å². The molecule has 0 radical (unpaired) electrons. The zero-order chi connectivity index (χ0) is 14.1. The van der Waals surface area contributed by atoms with Gasteiger partial charge in [0.15, 0.2) is 0 Å². The van der Waals surface area contributed by atoms with Crippen molar-refractivity contribution >= 4 is 5.97 Å². The molecule has 0 aromatic heterocycles. The molecule has 0 amide bonds. The smallest absolute Gasteiger partial charge is 0.305 e. The van der Waals surface area contributed by atoms with Crippen LogP contribution in [0.15, 0.2) is 24.3 Å². The zero-order valence-corrected chi connectivity index (χ0v) is 11.1. The molecular weight excluding hydrogens is 242 g/mol. The van der Waals surface area contributed by atoms with Crippen molar-refractivity contribution < 1.29 is 14.6 Å². The Kier molecular flexibility index (Phi) is 6.62. The Labute approximate surface area is 113 Å². The topological polar surface area (TPSA) is 70.3 Å². The first-order chi connectivity index (χ1) is 9.17. The van der Waals surface area contributed by atoms with E-state index in [1.165, 1.54) is 0 Å². The van der Waals surface area contributed by atoms with Crippen molar-refractivity contribution in [2.75, 3.05) is 6.61 Å². The van der Waals surface area contributed by atoms with Gasteiger partial charge in [0.2, 0.25) is 0 Å². The summed E-state index contributed by atoms with van der Waals surface area (Å²) in [4.78, 5) is 11.4. The number of esters is 1. The Hall–Kier alpha value is -1.86. The number of hydrogen-bond donors (Lipinski definition) is 1. The van der Waals surface area contributed by atoms with Gasteiger partial charge in [0.1, 0.15) is 0 Å². The molecule has 0 aliphatic rings. The van der Waals surface area contributed by atoms with Crippen molar-refractivity contribution in [3.05, 3.63) is 35.4 Å². The predicted octanol–water partition coefficient (Wildman–Crippen LogP) is 2.72. The maximum Gasteiger partial charge on any atom is 0.305 e. The minimum atomic E-state index is -0.743. The van der Waals surface area contributed by atoms with Crippen LogP contribution in [0.1, 0.15) is 49.8 Å². The normalized spacial score (nSPS) is 11.6. The van der Waals surface area contributed by atoms with Crippen LogP contribution in [0.3, 0.4) is 0 Å². The van der Waals surface area contributed by atoms with Crippen LogP contribution in [0.4, 0.5) is 0 Å². The standard InChI is InChI=1S/C15H19NO3/c1-2-3-9-19-15(18)8-7-14(17)13-6-4-5-12(10-13)11-16/h4-6,10,14,17H,2-3,7-9H2,1H3. The van der Waals surface area contributed by atoms with Crippen LogP contribution in [0.25, 0.3) is 0 Å². The molecule has 0 heterocycles. The van der Waals surface area contributed by atoms with Crippen LogP contribution in [0, 0.1) is 11.3 Å². The molecule has 1 unspecified atom stereocenters. The van der Waals surface area contributed by atoms with Crippen LogP contribution in [-0.4, -0.2) is 17.7 Å². The van der Waals surface area contributed by atoms with E-state index in [1.54, 1.807) is 24.3 Å². The van der Waals surface area contributed by atoms with E-state index in [0.29, 0.717) is 24.2 Å². The average Bonchev–Trinajstić information content (AvgIpc) is 2.45. The van der Waals surface area contributed by atoms with Gasteiger partial charge in [-0.3, -0.25) is 4.79 Å². The summed E-state index contributed by atoms with van der Waals surface area (Å²) < 4.78 is 5.01. The number of aliphatic hydroxyl groups excluding tert-OH is 1. The molecule has 1 aromatic carbocycles. The first-order valence-electron chi connectivity index (χ1n) is 6.51. The lowest BCUT2D eigenvalue weighted by atomic mass is 10.0. The summed E-state index contributed by atoms with van der Waals surface area (Å²) in [5.41, 5.74) is 1.16. The number of rotatable bonds is 7. The van der Waals surface area contributed by atoms with Gasteiger partial charge in [-0.1, -0.05) is 25.5 Å². The van der Waals surface area contributed by atoms with E-state index < -0.39 is 6.10 Å². The van der Waals surface area contributed by atoms with Gasteiger partial charge < -0.3 is 9.84 Å². The van der Waals surface area contributed by atoms with Crippen LogP contribution in [0.5, 0.6) is 0 Å². The van der Waals surface area contributed by atoms with E-state index in [9.17, 15) is 9.90 Å². The molecule has 102 valence electrons. The molecular formula is C15H19NO3. The maximum absolute atomic E-state index is 11.4. The Balaban J connectivity index is 2.40. The summed E-state index contributed by atoms with van der Waals surface area (Å²) in [6.07, 6.45) is 1.59. The fourth-order valence-corrected chi connectivity index (χ4v) is 1.64. The van der Waals surface area contributed by atoms with E-state index in [-0.39, 0.29) is 12.4 Å². The molecule has 1 aromatic rings. The lowest BCUT2D eigenvalue weighted by molar-refractivity contribution is -0.144. The number of unbranched alkanes of at least 4 members (excludes halogenated alkanes) is 1. The summed E-state index contributed by atoms with van der Waals surface area (Å²) in [5.74, 6) is -0.288.